The first-order valence-electron chi connectivity index (χ1n) is 5.79. The van der Waals surface area contributed by atoms with Gasteiger partial charge >= 0.3 is 0 Å². The lowest BCUT2D eigenvalue weighted by Crippen LogP contribution is -2.00. The van der Waals surface area contributed by atoms with Crippen LogP contribution in [0.3, 0.4) is 0 Å². The van der Waals surface area contributed by atoms with Gasteiger partial charge in [0.05, 0.1) is 18.7 Å². The second-order valence-electron chi connectivity index (χ2n) is 4.00. The number of hydrogen-bond donors (Lipinski definition) is 1. The van der Waals surface area contributed by atoms with Crippen molar-refractivity contribution in [1.29, 1.82) is 5.26 Å². The molecule has 0 amide bonds. The number of rotatable bonds is 4. The molecule has 0 unspecified atom stereocenters. The van der Waals surface area contributed by atoms with Gasteiger partial charge in [-0.3, -0.25) is 0 Å². The summed E-state index contributed by atoms with van der Waals surface area (Å²) in [7, 11) is 1.65. The van der Waals surface area contributed by atoms with Crippen LogP contribution in [-0.2, 0) is 6.54 Å². The van der Waals surface area contributed by atoms with E-state index in [1.54, 1.807) is 13.2 Å². The van der Waals surface area contributed by atoms with Gasteiger partial charge in [-0.1, -0.05) is 22.0 Å². The normalized spacial score (nSPS) is 9.74. The van der Waals surface area contributed by atoms with E-state index in [1.165, 1.54) is 0 Å². The summed E-state index contributed by atoms with van der Waals surface area (Å²) in [5.74, 6) is 0.825. The van der Waals surface area contributed by atoms with E-state index in [4.69, 9.17) is 10.00 Å². The molecule has 2 aromatic carbocycles. The lowest BCUT2D eigenvalue weighted by molar-refractivity contribution is 0.414. The summed E-state index contributed by atoms with van der Waals surface area (Å²) in [6, 6.07) is 15.4. The second kappa shape index (κ2) is 6.26. The highest BCUT2D eigenvalue weighted by molar-refractivity contribution is 9.10. The number of anilines is 1. The molecule has 0 radical (unpaired) electrons. The first-order chi connectivity index (χ1) is 9.22. The summed E-state index contributed by atoms with van der Waals surface area (Å²) < 4.78 is 6.23. The number of ether oxygens (including phenoxy) is 1. The van der Waals surface area contributed by atoms with Crippen molar-refractivity contribution in [2.75, 3.05) is 12.4 Å². The average Bonchev–Trinajstić information content (AvgIpc) is 2.46. The maximum atomic E-state index is 8.86. The van der Waals surface area contributed by atoms with Gasteiger partial charge in [-0.15, -0.1) is 0 Å². The Morgan fingerprint density at radius 2 is 2.11 bits per heavy atom. The molecule has 0 saturated carbocycles. The highest BCUT2D eigenvalue weighted by atomic mass is 79.9. The van der Waals surface area contributed by atoms with Gasteiger partial charge in [0.2, 0.25) is 0 Å². The molecular weight excluding hydrogens is 304 g/mol. The summed E-state index contributed by atoms with van der Waals surface area (Å²) in [5, 5.41) is 12.1. The van der Waals surface area contributed by atoms with Crippen LogP contribution in [0.1, 0.15) is 11.1 Å². The molecule has 3 nitrogen and oxygen atoms in total. The highest BCUT2D eigenvalue weighted by Crippen LogP contribution is 2.23. The molecule has 1 N–H and O–H groups in total. The molecule has 0 atom stereocenters. The van der Waals surface area contributed by atoms with Crippen molar-refractivity contribution in [1.82, 2.24) is 0 Å². The van der Waals surface area contributed by atoms with Crippen molar-refractivity contribution < 1.29 is 4.74 Å². The highest BCUT2D eigenvalue weighted by Gasteiger charge is 2.02. The van der Waals surface area contributed by atoms with E-state index in [-0.39, 0.29) is 0 Å². The third-order valence-electron chi connectivity index (χ3n) is 2.73. The van der Waals surface area contributed by atoms with Crippen LogP contribution in [0.25, 0.3) is 0 Å². The van der Waals surface area contributed by atoms with Gasteiger partial charge in [0.1, 0.15) is 5.75 Å². The van der Waals surface area contributed by atoms with Crippen molar-refractivity contribution >= 4 is 21.6 Å². The molecule has 0 saturated heterocycles. The minimum Gasteiger partial charge on any atom is -0.497 e. The monoisotopic (exact) mass is 316 g/mol. The Labute approximate surface area is 121 Å². The first-order valence-corrected chi connectivity index (χ1v) is 6.58. The van der Waals surface area contributed by atoms with Crippen molar-refractivity contribution in [3.8, 4) is 11.8 Å². The number of nitrogens with one attached hydrogen (secondary N) is 1. The number of nitriles is 1. The SMILES string of the molecule is COc1ccc(Br)c(CNc2cccc(C#N)c2)c1. The molecule has 19 heavy (non-hydrogen) atoms. The van der Waals surface area contributed by atoms with E-state index < -0.39 is 0 Å². The van der Waals surface area contributed by atoms with Gasteiger partial charge in [0, 0.05) is 16.7 Å². The molecule has 4 heteroatoms. The van der Waals surface area contributed by atoms with Crippen LogP contribution in [0, 0.1) is 11.3 Å². The predicted molar refractivity (Wildman–Crippen MR) is 79.2 cm³/mol. The third-order valence-corrected chi connectivity index (χ3v) is 3.50. The molecule has 0 spiro atoms. The summed E-state index contributed by atoms with van der Waals surface area (Å²) in [4.78, 5) is 0. The quantitative estimate of drug-likeness (QED) is 0.929. The molecular formula is C15H13BrN2O. The van der Waals surface area contributed by atoms with E-state index in [0.717, 1.165) is 21.5 Å². The Hall–Kier alpha value is -1.99. The maximum Gasteiger partial charge on any atom is 0.119 e. The third kappa shape index (κ3) is 3.49. The minimum atomic E-state index is 0.648. The smallest absolute Gasteiger partial charge is 0.119 e. The molecule has 0 fully saturated rings. The Balaban J connectivity index is 2.12. The van der Waals surface area contributed by atoms with Crippen LogP contribution in [0.15, 0.2) is 46.9 Å². The van der Waals surface area contributed by atoms with Gasteiger partial charge < -0.3 is 10.1 Å². The Morgan fingerprint density at radius 3 is 2.84 bits per heavy atom. The van der Waals surface area contributed by atoms with Gasteiger partial charge in [0.25, 0.3) is 0 Å². The lowest BCUT2D eigenvalue weighted by atomic mass is 10.2. The fourth-order valence-electron chi connectivity index (χ4n) is 1.71. The minimum absolute atomic E-state index is 0.648. The molecule has 0 heterocycles. The second-order valence-corrected chi connectivity index (χ2v) is 4.86. The van der Waals surface area contributed by atoms with Crippen molar-refractivity contribution in [3.63, 3.8) is 0 Å². The van der Waals surface area contributed by atoms with Crippen LogP contribution in [-0.4, -0.2) is 7.11 Å². The Bertz CT molecular complexity index is 620. The van der Waals surface area contributed by atoms with Crippen molar-refractivity contribution in [2.24, 2.45) is 0 Å². The zero-order valence-corrected chi connectivity index (χ0v) is 12.1. The fraction of sp³-hybridized carbons (Fsp3) is 0.133. The fourth-order valence-corrected chi connectivity index (χ4v) is 2.10. The summed E-state index contributed by atoms with van der Waals surface area (Å²) >= 11 is 3.51. The van der Waals surface area contributed by atoms with E-state index in [9.17, 15) is 0 Å². The standard InChI is InChI=1S/C15H13BrN2O/c1-19-14-5-6-15(16)12(8-14)10-18-13-4-2-3-11(7-13)9-17/h2-8,18H,10H2,1H3. The number of hydrogen-bond acceptors (Lipinski definition) is 3. The first kappa shape index (κ1) is 13.4. The number of benzene rings is 2. The van der Waals surface area contributed by atoms with E-state index in [2.05, 4.69) is 27.3 Å². The maximum absolute atomic E-state index is 8.86. The zero-order chi connectivity index (χ0) is 13.7. The summed E-state index contributed by atoms with van der Waals surface area (Å²) in [6.45, 7) is 0.659. The largest absolute Gasteiger partial charge is 0.497 e. The van der Waals surface area contributed by atoms with E-state index in [0.29, 0.717) is 12.1 Å². The van der Waals surface area contributed by atoms with Gasteiger partial charge in [-0.2, -0.15) is 5.26 Å². The van der Waals surface area contributed by atoms with E-state index >= 15 is 0 Å². The molecule has 0 aliphatic heterocycles. The topological polar surface area (TPSA) is 45.0 Å². The Morgan fingerprint density at radius 1 is 1.26 bits per heavy atom. The number of halogens is 1. The molecule has 2 aromatic rings. The molecule has 96 valence electrons. The van der Waals surface area contributed by atoms with Crippen LogP contribution >= 0.6 is 15.9 Å². The van der Waals surface area contributed by atoms with Crippen LogP contribution in [0.4, 0.5) is 5.69 Å². The van der Waals surface area contributed by atoms with E-state index in [1.807, 2.05) is 36.4 Å². The molecule has 0 aliphatic rings. The number of methoxy groups -OCH3 is 1. The lowest BCUT2D eigenvalue weighted by Gasteiger charge is -2.10. The molecule has 2 rings (SSSR count). The number of nitrogens with zero attached hydrogens (tertiary/aromatic N) is 1. The van der Waals surface area contributed by atoms with Crippen molar-refractivity contribution in [2.45, 2.75) is 6.54 Å². The van der Waals surface area contributed by atoms with Crippen LogP contribution < -0.4 is 10.1 Å². The average molecular weight is 317 g/mol. The molecule has 0 aliphatic carbocycles. The predicted octanol–water partition coefficient (Wildman–Crippen LogP) is 3.94. The zero-order valence-electron chi connectivity index (χ0n) is 10.5. The van der Waals surface area contributed by atoms with Gasteiger partial charge in [-0.25, -0.2) is 0 Å². The molecule has 0 bridgehead atoms. The van der Waals surface area contributed by atoms with Crippen LogP contribution in [0.2, 0.25) is 0 Å². The van der Waals surface area contributed by atoms with Crippen molar-refractivity contribution in [3.05, 3.63) is 58.1 Å². The summed E-state index contributed by atoms with van der Waals surface area (Å²) in [6.07, 6.45) is 0. The van der Waals surface area contributed by atoms with Gasteiger partial charge in [-0.05, 0) is 42.0 Å². The summed E-state index contributed by atoms with van der Waals surface area (Å²) in [5.41, 5.74) is 2.67. The Kier molecular flexibility index (Phi) is 4.43. The molecule has 0 aromatic heterocycles. The van der Waals surface area contributed by atoms with Gasteiger partial charge in [0.15, 0.2) is 0 Å². The van der Waals surface area contributed by atoms with Crippen LogP contribution in [0.5, 0.6) is 5.75 Å².